The highest BCUT2D eigenvalue weighted by Gasteiger charge is 2.24. The van der Waals surface area contributed by atoms with Gasteiger partial charge in [0.15, 0.2) is 0 Å². The zero-order valence-electron chi connectivity index (χ0n) is 44.0. The van der Waals surface area contributed by atoms with Crippen molar-refractivity contribution in [3.8, 4) is 0 Å². The van der Waals surface area contributed by atoms with Crippen molar-refractivity contribution in [1.29, 1.82) is 0 Å². The third kappa shape index (κ3) is 50.7. The predicted octanol–water partition coefficient (Wildman–Crippen LogP) is 16.2. The minimum atomic E-state index is -4.56. The van der Waals surface area contributed by atoms with Gasteiger partial charge >= 0.3 is 0 Å². The number of hydrogen-bond acceptors (Lipinski definition) is 6. The van der Waals surface area contributed by atoms with E-state index >= 15 is 0 Å². The monoisotopic (exact) mass is 939 g/mol. The van der Waals surface area contributed by atoms with E-state index in [-0.39, 0.29) is 19.1 Å². The topological polar surface area (TPSA) is 108 Å². The van der Waals surface area contributed by atoms with Crippen LogP contribution in [0, 0.1) is 0 Å². The summed E-state index contributed by atoms with van der Waals surface area (Å²) in [7, 11) is 1.31. The van der Waals surface area contributed by atoms with Crippen LogP contribution in [0.3, 0.4) is 0 Å². The lowest BCUT2D eigenvalue weighted by Crippen LogP contribution is -2.46. The van der Waals surface area contributed by atoms with Gasteiger partial charge in [-0.25, -0.2) is 0 Å². The van der Waals surface area contributed by atoms with E-state index in [1.807, 2.05) is 21.1 Å². The van der Waals surface area contributed by atoms with E-state index in [1.54, 1.807) is 0 Å². The first-order valence-corrected chi connectivity index (χ1v) is 29.6. The van der Waals surface area contributed by atoms with Gasteiger partial charge in [-0.15, -0.1) is 0 Å². The lowest BCUT2D eigenvalue weighted by atomic mass is 10.0. The molecule has 3 unspecified atom stereocenters. The van der Waals surface area contributed by atoms with Crippen LogP contribution in [-0.4, -0.2) is 68.5 Å². The molecule has 2 N–H and O–H groups in total. The summed E-state index contributed by atoms with van der Waals surface area (Å²) in [6.45, 7) is 4.72. The molecule has 0 saturated carbocycles. The Bertz CT molecular complexity index is 1110. The Balaban J connectivity index is 3.90. The number of nitrogens with one attached hydrogen (secondary N) is 1. The Hall–Kier alpha value is -1.02. The molecule has 0 aromatic carbocycles. The third-order valence-electron chi connectivity index (χ3n) is 12.9. The molecule has 0 spiro atoms. The number of carbonyl (C=O) groups excluding carboxylic acids is 1. The number of amides is 1. The number of nitrogens with zero attached hydrogens (tertiary/aromatic N) is 1. The molecule has 0 aromatic heterocycles. The molecule has 0 heterocycles. The van der Waals surface area contributed by atoms with Gasteiger partial charge in [-0.2, -0.15) is 0 Å². The molecule has 0 aliphatic heterocycles. The lowest BCUT2D eigenvalue weighted by Gasteiger charge is -2.30. The summed E-state index contributed by atoms with van der Waals surface area (Å²) in [5.41, 5.74) is 0. The van der Waals surface area contributed by atoms with Crippen LogP contribution >= 0.6 is 7.82 Å². The van der Waals surface area contributed by atoms with Crippen LogP contribution in [-0.2, 0) is 18.4 Å². The van der Waals surface area contributed by atoms with Crippen molar-refractivity contribution in [2.75, 3.05) is 40.9 Å². The number of unbranched alkanes of at least 4 members (excludes halogenated alkanes) is 35. The number of quaternary nitrogens is 1. The van der Waals surface area contributed by atoms with Crippen LogP contribution in [0.15, 0.2) is 24.3 Å². The predicted molar refractivity (Wildman–Crippen MR) is 279 cm³/mol. The number of phosphoric ester groups is 1. The molecule has 0 aliphatic carbocycles. The highest BCUT2D eigenvalue weighted by Crippen LogP contribution is 2.38. The van der Waals surface area contributed by atoms with E-state index in [0.717, 1.165) is 44.9 Å². The van der Waals surface area contributed by atoms with E-state index in [9.17, 15) is 19.4 Å². The maximum Gasteiger partial charge on any atom is 0.268 e. The number of likely N-dealkylation sites (N-methyl/N-ethyl adjacent to an activating group) is 1. The van der Waals surface area contributed by atoms with E-state index in [2.05, 4.69) is 43.5 Å². The molecule has 386 valence electrons. The Labute approximate surface area is 404 Å². The average molecular weight is 939 g/mol. The highest BCUT2D eigenvalue weighted by atomic mass is 31.2. The smallest absolute Gasteiger partial charge is 0.268 e. The first kappa shape index (κ1) is 64.0. The van der Waals surface area contributed by atoms with Crippen molar-refractivity contribution in [2.45, 2.75) is 289 Å². The van der Waals surface area contributed by atoms with E-state index in [0.29, 0.717) is 23.9 Å². The molecule has 0 fully saturated rings. The first-order valence-electron chi connectivity index (χ1n) is 28.2. The van der Waals surface area contributed by atoms with Gasteiger partial charge in [0.25, 0.3) is 7.82 Å². The fourth-order valence-electron chi connectivity index (χ4n) is 8.48. The van der Waals surface area contributed by atoms with Crippen LogP contribution in [0.2, 0.25) is 0 Å². The second kappa shape index (κ2) is 48.0. The van der Waals surface area contributed by atoms with Gasteiger partial charge in [-0.1, -0.05) is 250 Å². The first-order chi connectivity index (χ1) is 31.5. The van der Waals surface area contributed by atoms with Gasteiger partial charge in [0.1, 0.15) is 13.2 Å². The van der Waals surface area contributed by atoms with Crippen molar-refractivity contribution < 1.29 is 32.9 Å². The Kier molecular flexibility index (Phi) is 47.3. The normalized spacial score (nSPS) is 14.1. The van der Waals surface area contributed by atoms with E-state index in [4.69, 9.17) is 9.05 Å². The van der Waals surface area contributed by atoms with Crippen LogP contribution < -0.4 is 10.2 Å². The molecular formula is C56H111N2O6P. The van der Waals surface area contributed by atoms with Gasteiger partial charge < -0.3 is 28.8 Å². The summed E-state index contributed by atoms with van der Waals surface area (Å²) < 4.78 is 23.3. The summed E-state index contributed by atoms with van der Waals surface area (Å²) in [6, 6.07) is -0.795. The van der Waals surface area contributed by atoms with Gasteiger partial charge in [0.2, 0.25) is 5.91 Å². The molecule has 0 rings (SSSR count). The van der Waals surface area contributed by atoms with Crippen LogP contribution in [0.4, 0.5) is 0 Å². The van der Waals surface area contributed by atoms with E-state index in [1.165, 1.54) is 205 Å². The van der Waals surface area contributed by atoms with Crippen molar-refractivity contribution in [2.24, 2.45) is 0 Å². The van der Waals surface area contributed by atoms with E-state index < -0.39 is 20.0 Å². The van der Waals surface area contributed by atoms with Crippen LogP contribution in [0.5, 0.6) is 0 Å². The van der Waals surface area contributed by atoms with Crippen molar-refractivity contribution in [1.82, 2.24) is 5.32 Å². The fraction of sp³-hybridized carbons (Fsp3) is 0.911. The van der Waals surface area contributed by atoms with Gasteiger partial charge in [-0.3, -0.25) is 9.36 Å². The zero-order valence-corrected chi connectivity index (χ0v) is 44.9. The summed E-state index contributed by atoms with van der Waals surface area (Å²) in [6.07, 6.45) is 59.5. The summed E-state index contributed by atoms with van der Waals surface area (Å²) in [4.78, 5) is 25.4. The summed E-state index contributed by atoms with van der Waals surface area (Å²) >= 11 is 0. The largest absolute Gasteiger partial charge is 0.756 e. The van der Waals surface area contributed by atoms with Crippen molar-refractivity contribution in [3.63, 3.8) is 0 Å². The highest BCUT2D eigenvalue weighted by molar-refractivity contribution is 7.45. The molecule has 0 radical (unpaired) electrons. The number of allylic oxidation sites excluding steroid dienone is 4. The van der Waals surface area contributed by atoms with Crippen LogP contribution in [0.1, 0.15) is 277 Å². The van der Waals surface area contributed by atoms with Gasteiger partial charge in [0.05, 0.1) is 39.9 Å². The molecular weight excluding hydrogens is 828 g/mol. The third-order valence-corrected chi connectivity index (χ3v) is 13.9. The molecule has 0 aromatic rings. The Morgan fingerprint density at radius 2 is 0.892 bits per heavy atom. The fourth-order valence-corrected chi connectivity index (χ4v) is 9.21. The summed E-state index contributed by atoms with van der Waals surface area (Å²) in [5.74, 6) is -0.162. The minimum absolute atomic E-state index is 0.0143. The number of aliphatic hydroxyl groups is 1. The van der Waals surface area contributed by atoms with Gasteiger partial charge in [-0.05, 0) is 44.9 Å². The minimum Gasteiger partial charge on any atom is -0.756 e. The number of rotatable bonds is 52. The molecule has 0 bridgehead atoms. The Morgan fingerprint density at radius 1 is 0.538 bits per heavy atom. The SMILES string of the molecule is CCCCCCC/C=C\C/C=C\CCCCCCCCCCCCCCCCCCCCCCCC(=O)NC(COP(=O)([O-])OCC[N+](C)(C)C)C(O)CCCCCCCCCCCC. The second-order valence-electron chi connectivity index (χ2n) is 20.6. The average Bonchev–Trinajstić information content (AvgIpc) is 3.26. The number of hydrogen-bond donors (Lipinski definition) is 2. The molecule has 0 saturated heterocycles. The summed E-state index contributed by atoms with van der Waals surface area (Å²) in [5, 5.41) is 13.9. The van der Waals surface area contributed by atoms with Crippen molar-refractivity contribution >= 4 is 13.7 Å². The Morgan fingerprint density at radius 3 is 1.28 bits per heavy atom. The molecule has 9 heteroatoms. The molecule has 0 aliphatic rings. The molecule has 3 atom stereocenters. The zero-order chi connectivity index (χ0) is 47.8. The van der Waals surface area contributed by atoms with Crippen molar-refractivity contribution in [3.05, 3.63) is 24.3 Å². The maximum atomic E-state index is 12.9. The van der Waals surface area contributed by atoms with Crippen LogP contribution in [0.25, 0.3) is 0 Å². The second-order valence-corrected chi connectivity index (χ2v) is 22.1. The quantitative estimate of drug-likeness (QED) is 0.0272. The molecule has 1 amide bonds. The maximum absolute atomic E-state index is 12.9. The lowest BCUT2D eigenvalue weighted by molar-refractivity contribution is -0.870. The van der Waals surface area contributed by atoms with Gasteiger partial charge in [0, 0.05) is 6.42 Å². The number of aliphatic hydroxyl groups excluding tert-OH is 1. The molecule has 65 heavy (non-hydrogen) atoms. The number of carbonyl (C=O) groups is 1. The standard InChI is InChI=1S/C56H111N2O6P/c1-6-8-10-12-14-16-18-19-20-21-22-23-24-25-26-27-28-29-30-31-32-33-34-35-36-37-38-39-40-42-44-46-48-50-56(60)57-54(53-64-65(61,62)63-52-51-58(3,4)5)55(59)49-47-45-43-41-17-15-13-11-9-7-2/h18-19,21-22,54-55,59H,6-17,20,23-53H2,1-5H3,(H-,57,60,61,62)/b19-18-,22-21-. The number of phosphoric acid groups is 1. The molecule has 8 nitrogen and oxygen atoms in total.